The van der Waals surface area contributed by atoms with E-state index in [0.717, 1.165) is 19.4 Å². The highest BCUT2D eigenvalue weighted by molar-refractivity contribution is 4.66. The van der Waals surface area contributed by atoms with Crippen molar-refractivity contribution in [1.29, 1.82) is 0 Å². The zero-order valence-corrected chi connectivity index (χ0v) is 7.98. The number of aliphatic hydroxyl groups excluding tert-OH is 2. The van der Waals surface area contributed by atoms with Crippen LogP contribution in [0.3, 0.4) is 0 Å². The van der Waals surface area contributed by atoms with Gasteiger partial charge in [-0.05, 0) is 19.3 Å². The minimum atomic E-state index is 0.105. The maximum absolute atomic E-state index is 8.82. The van der Waals surface area contributed by atoms with Crippen molar-refractivity contribution in [2.24, 2.45) is 0 Å². The molecule has 1 heterocycles. The Bertz CT molecular complexity index is 120. The SMILES string of the molecule is OCCN(CCO)C1CCCCO1. The molecule has 0 amide bonds. The predicted octanol–water partition coefficient (Wildman–Crippen LogP) is -0.200. The van der Waals surface area contributed by atoms with Gasteiger partial charge in [0.1, 0.15) is 6.23 Å². The van der Waals surface area contributed by atoms with Crippen LogP contribution < -0.4 is 0 Å². The van der Waals surface area contributed by atoms with Crippen molar-refractivity contribution in [1.82, 2.24) is 4.90 Å². The number of rotatable bonds is 5. The van der Waals surface area contributed by atoms with E-state index in [1.165, 1.54) is 6.42 Å². The molecule has 4 nitrogen and oxygen atoms in total. The Kier molecular flexibility index (Phi) is 5.31. The van der Waals surface area contributed by atoms with Crippen LogP contribution in [0.15, 0.2) is 0 Å². The fraction of sp³-hybridized carbons (Fsp3) is 1.00. The molecule has 1 rings (SSSR count). The summed E-state index contributed by atoms with van der Waals surface area (Å²) < 4.78 is 5.55. The van der Waals surface area contributed by atoms with Crippen LogP contribution in [-0.4, -0.2) is 54.3 Å². The molecule has 0 spiro atoms. The second-order valence-corrected chi connectivity index (χ2v) is 3.30. The topological polar surface area (TPSA) is 52.9 Å². The highest BCUT2D eigenvalue weighted by Gasteiger charge is 2.20. The summed E-state index contributed by atoms with van der Waals surface area (Å²) in [5, 5.41) is 17.6. The van der Waals surface area contributed by atoms with Gasteiger partial charge in [0.25, 0.3) is 0 Å². The zero-order valence-electron chi connectivity index (χ0n) is 7.98. The van der Waals surface area contributed by atoms with E-state index in [2.05, 4.69) is 0 Å². The Morgan fingerprint density at radius 2 is 1.85 bits per heavy atom. The van der Waals surface area contributed by atoms with Gasteiger partial charge >= 0.3 is 0 Å². The fourth-order valence-corrected chi connectivity index (χ4v) is 1.67. The van der Waals surface area contributed by atoms with Crippen LogP contribution in [0.2, 0.25) is 0 Å². The van der Waals surface area contributed by atoms with Crippen molar-refractivity contribution >= 4 is 0 Å². The van der Waals surface area contributed by atoms with E-state index >= 15 is 0 Å². The normalized spacial score (nSPS) is 23.8. The summed E-state index contributed by atoms with van der Waals surface area (Å²) in [6.07, 6.45) is 3.42. The molecule has 1 unspecified atom stereocenters. The van der Waals surface area contributed by atoms with Crippen molar-refractivity contribution in [3.8, 4) is 0 Å². The molecule has 0 radical (unpaired) electrons. The predicted molar refractivity (Wildman–Crippen MR) is 49.3 cm³/mol. The fourth-order valence-electron chi connectivity index (χ4n) is 1.67. The molecule has 1 atom stereocenters. The van der Waals surface area contributed by atoms with Gasteiger partial charge in [-0.15, -0.1) is 0 Å². The molecule has 78 valence electrons. The van der Waals surface area contributed by atoms with Crippen LogP contribution in [-0.2, 0) is 4.74 Å². The van der Waals surface area contributed by atoms with Gasteiger partial charge in [-0.25, -0.2) is 0 Å². The van der Waals surface area contributed by atoms with Crippen molar-refractivity contribution in [3.63, 3.8) is 0 Å². The average molecular weight is 189 g/mol. The van der Waals surface area contributed by atoms with Crippen molar-refractivity contribution in [2.75, 3.05) is 32.9 Å². The Balaban J connectivity index is 2.32. The van der Waals surface area contributed by atoms with Gasteiger partial charge in [-0.1, -0.05) is 0 Å². The molecule has 1 aliphatic rings. The van der Waals surface area contributed by atoms with Crippen LogP contribution in [0.25, 0.3) is 0 Å². The van der Waals surface area contributed by atoms with E-state index in [9.17, 15) is 0 Å². The largest absolute Gasteiger partial charge is 0.395 e. The van der Waals surface area contributed by atoms with Crippen LogP contribution >= 0.6 is 0 Å². The second kappa shape index (κ2) is 6.32. The molecule has 1 aliphatic heterocycles. The van der Waals surface area contributed by atoms with Crippen molar-refractivity contribution in [2.45, 2.75) is 25.5 Å². The first kappa shape index (κ1) is 10.9. The summed E-state index contributed by atoms with van der Waals surface area (Å²) in [5.41, 5.74) is 0. The van der Waals surface area contributed by atoms with Crippen molar-refractivity contribution in [3.05, 3.63) is 0 Å². The molecule has 0 aliphatic carbocycles. The summed E-state index contributed by atoms with van der Waals surface area (Å²) in [4.78, 5) is 2.00. The first-order valence-corrected chi connectivity index (χ1v) is 4.96. The molecule has 4 heteroatoms. The number of aliphatic hydroxyl groups is 2. The highest BCUT2D eigenvalue weighted by Crippen LogP contribution is 2.15. The van der Waals surface area contributed by atoms with Crippen molar-refractivity contribution < 1.29 is 14.9 Å². The standard InChI is InChI=1S/C9H19NO3/c11-6-4-10(5-7-12)9-3-1-2-8-13-9/h9,11-12H,1-8H2. The smallest absolute Gasteiger partial charge is 0.110 e. The minimum Gasteiger partial charge on any atom is -0.395 e. The molecule has 0 aromatic rings. The maximum Gasteiger partial charge on any atom is 0.110 e. The van der Waals surface area contributed by atoms with E-state index in [0.29, 0.717) is 13.1 Å². The van der Waals surface area contributed by atoms with E-state index in [-0.39, 0.29) is 19.4 Å². The summed E-state index contributed by atoms with van der Waals surface area (Å²) >= 11 is 0. The van der Waals surface area contributed by atoms with Gasteiger partial charge in [0.15, 0.2) is 0 Å². The minimum absolute atomic E-state index is 0.105. The third-order valence-electron chi connectivity index (χ3n) is 2.34. The van der Waals surface area contributed by atoms with E-state index < -0.39 is 0 Å². The molecule has 2 N–H and O–H groups in total. The summed E-state index contributed by atoms with van der Waals surface area (Å²) in [6.45, 7) is 2.23. The van der Waals surface area contributed by atoms with Gasteiger partial charge in [0.2, 0.25) is 0 Å². The lowest BCUT2D eigenvalue weighted by atomic mass is 10.1. The van der Waals surface area contributed by atoms with Gasteiger partial charge in [0, 0.05) is 19.7 Å². The first-order chi connectivity index (χ1) is 6.38. The van der Waals surface area contributed by atoms with Crippen LogP contribution in [0.5, 0.6) is 0 Å². The Labute approximate surface area is 79.1 Å². The number of ether oxygens (including phenoxy) is 1. The highest BCUT2D eigenvalue weighted by atomic mass is 16.5. The lowest BCUT2D eigenvalue weighted by molar-refractivity contribution is -0.0931. The van der Waals surface area contributed by atoms with Crippen LogP contribution in [0.4, 0.5) is 0 Å². The third-order valence-corrected chi connectivity index (χ3v) is 2.34. The quantitative estimate of drug-likeness (QED) is 0.629. The maximum atomic E-state index is 8.82. The lowest BCUT2D eigenvalue weighted by Gasteiger charge is -2.33. The Morgan fingerprint density at radius 3 is 2.31 bits per heavy atom. The van der Waals surface area contributed by atoms with Gasteiger partial charge in [0.05, 0.1) is 13.2 Å². The molecule has 0 saturated carbocycles. The van der Waals surface area contributed by atoms with Gasteiger partial charge in [-0.3, -0.25) is 4.90 Å². The summed E-state index contributed by atoms with van der Waals surface area (Å²) in [7, 11) is 0. The first-order valence-electron chi connectivity index (χ1n) is 4.96. The van der Waals surface area contributed by atoms with Gasteiger partial charge < -0.3 is 14.9 Å². The van der Waals surface area contributed by atoms with Crippen LogP contribution in [0.1, 0.15) is 19.3 Å². The molecule has 13 heavy (non-hydrogen) atoms. The molecule has 1 fully saturated rings. The third kappa shape index (κ3) is 3.60. The number of hydrogen-bond donors (Lipinski definition) is 2. The monoisotopic (exact) mass is 189 g/mol. The molecule has 0 aromatic heterocycles. The second-order valence-electron chi connectivity index (χ2n) is 3.30. The molecular weight excluding hydrogens is 170 g/mol. The zero-order chi connectivity index (χ0) is 9.52. The molecule has 0 aromatic carbocycles. The van der Waals surface area contributed by atoms with Gasteiger partial charge in [-0.2, -0.15) is 0 Å². The lowest BCUT2D eigenvalue weighted by Crippen LogP contribution is -2.42. The number of nitrogens with zero attached hydrogens (tertiary/aromatic N) is 1. The summed E-state index contributed by atoms with van der Waals surface area (Å²) in [5.74, 6) is 0. The Hall–Kier alpha value is -0.160. The van der Waals surface area contributed by atoms with Crippen LogP contribution in [0, 0.1) is 0 Å². The van der Waals surface area contributed by atoms with E-state index in [4.69, 9.17) is 14.9 Å². The molecule has 1 saturated heterocycles. The molecule has 0 bridgehead atoms. The Morgan fingerprint density at radius 1 is 1.15 bits per heavy atom. The van der Waals surface area contributed by atoms with E-state index in [1.807, 2.05) is 4.90 Å². The number of hydrogen-bond acceptors (Lipinski definition) is 4. The summed E-state index contributed by atoms with van der Waals surface area (Å²) in [6, 6.07) is 0. The average Bonchev–Trinajstić information content (AvgIpc) is 2.19. The van der Waals surface area contributed by atoms with E-state index in [1.54, 1.807) is 0 Å². The molecular formula is C9H19NO3.